The van der Waals surface area contributed by atoms with Crippen molar-refractivity contribution in [2.24, 2.45) is 0 Å². The van der Waals surface area contributed by atoms with Gasteiger partial charge in [-0.15, -0.1) is 0 Å². The second-order valence-electron chi connectivity index (χ2n) is 5.17. The van der Waals surface area contributed by atoms with Gasteiger partial charge in [-0.05, 0) is 49.4 Å². The number of fused-ring (bicyclic) bond motifs is 1. The summed E-state index contributed by atoms with van der Waals surface area (Å²) in [5, 5.41) is 4.24. The quantitative estimate of drug-likeness (QED) is 0.828. The summed E-state index contributed by atoms with van der Waals surface area (Å²) in [5.74, 6) is 1.52. The molecule has 0 amide bonds. The maximum Gasteiger partial charge on any atom is 0.141 e. The monoisotopic (exact) mass is 251 g/mol. The molecule has 2 aliphatic rings. The summed E-state index contributed by atoms with van der Waals surface area (Å²) >= 11 is 6.31. The first kappa shape index (κ1) is 11.4. The molecule has 1 aromatic carbocycles. The molecule has 92 valence electrons. The Morgan fingerprint density at radius 3 is 3.06 bits per heavy atom. The van der Waals surface area contributed by atoms with Gasteiger partial charge in [-0.25, -0.2) is 0 Å². The maximum atomic E-state index is 6.31. The zero-order valence-electron chi connectivity index (χ0n) is 10.1. The molecule has 2 unspecified atom stereocenters. The lowest BCUT2D eigenvalue weighted by atomic mass is 9.90. The third-order valence-corrected chi connectivity index (χ3v) is 4.02. The molecule has 3 rings (SSSR count). The Morgan fingerprint density at radius 2 is 2.29 bits per heavy atom. The average Bonchev–Trinajstić information content (AvgIpc) is 2.71. The minimum absolute atomic E-state index is 0.266. The van der Waals surface area contributed by atoms with Gasteiger partial charge in [0.15, 0.2) is 0 Å². The SMILES string of the molecule is CC1Cc2cc(C3CCCNC3)cc(Cl)c2O1. The van der Waals surface area contributed by atoms with E-state index in [0.717, 1.165) is 30.3 Å². The second-order valence-corrected chi connectivity index (χ2v) is 5.57. The number of hydrogen-bond donors (Lipinski definition) is 1. The summed E-state index contributed by atoms with van der Waals surface area (Å²) in [4.78, 5) is 0. The van der Waals surface area contributed by atoms with E-state index in [4.69, 9.17) is 16.3 Å². The van der Waals surface area contributed by atoms with E-state index in [9.17, 15) is 0 Å². The molecular formula is C14H18ClNO. The molecule has 0 bridgehead atoms. The van der Waals surface area contributed by atoms with Gasteiger partial charge in [-0.3, -0.25) is 0 Å². The van der Waals surface area contributed by atoms with Crippen LogP contribution in [0.1, 0.15) is 36.8 Å². The van der Waals surface area contributed by atoms with Crippen molar-refractivity contribution in [3.8, 4) is 5.75 Å². The highest BCUT2D eigenvalue weighted by molar-refractivity contribution is 6.32. The summed E-state index contributed by atoms with van der Waals surface area (Å²) in [6.07, 6.45) is 3.77. The molecule has 1 N–H and O–H groups in total. The highest BCUT2D eigenvalue weighted by atomic mass is 35.5. The van der Waals surface area contributed by atoms with E-state index in [1.54, 1.807) is 0 Å². The molecule has 1 fully saturated rings. The van der Waals surface area contributed by atoms with Crippen molar-refractivity contribution < 1.29 is 4.74 Å². The second kappa shape index (κ2) is 4.51. The van der Waals surface area contributed by atoms with Crippen molar-refractivity contribution in [1.29, 1.82) is 0 Å². The van der Waals surface area contributed by atoms with E-state index < -0.39 is 0 Å². The molecule has 3 heteroatoms. The molecular weight excluding hydrogens is 234 g/mol. The smallest absolute Gasteiger partial charge is 0.141 e. The standard InChI is InChI=1S/C14H18ClNO/c1-9-5-12-6-11(7-13(15)14(12)17-9)10-3-2-4-16-8-10/h6-7,9-10,16H,2-5,8H2,1H3. The van der Waals surface area contributed by atoms with Crippen LogP contribution in [0.5, 0.6) is 5.75 Å². The third-order valence-electron chi connectivity index (χ3n) is 3.74. The molecule has 0 radical (unpaired) electrons. The van der Waals surface area contributed by atoms with E-state index in [2.05, 4.69) is 24.4 Å². The van der Waals surface area contributed by atoms with Crippen LogP contribution >= 0.6 is 11.6 Å². The highest BCUT2D eigenvalue weighted by Crippen LogP contribution is 2.39. The fourth-order valence-electron chi connectivity index (χ4n) is 2.88. The number of halogens is 1. The molecule has 17 heavy (non-hydrogen) atoms. The molecule has 0 spiro atoms. The highest BCUT2D eigenvalue weighted by Gasteiger charge is 2.24. The van der Waals surface area contributed by atoms with Gasteiger partial charge in [-0.2, -0.15) is 0 Å². The van der Waals surface area contributed by atoms with Crippen molar-refractivity contribution in [1.82, 2.24) is 5.32 Å². The summed E-state index contributed by atoms with van der Waals surface area (Å²) in [5.41, 5.74) is 2.66. The Kier molecular flexibility index (Phi) is 3.01. The molecule has 2 heterocycles. The summed E-state index contributed by atoms with van der Waals surface area (Å²) in [7, 11) is 0. The van der Waals surface area contributed by atoms with Crippen LogP contribution in [0.2, 0.25) is 5.02 Å². The van der Waals surface area contributed by atoms with Crippen molar-refractivity contribution in [3.63, 3.8) is 0 Å². The summed E-state index contributed by atoms with van der Waals surface area (Å²) < 4.78 is 5.73. The lowest BCUT2D eigenvalue weighted by molar-refractivity contribution is 0.255. The van der Waals surface area contributed by atoms with Crippen molar-refractivity contribution in [2.75, 3.05) is 13.1 Å². The van der Waals surface area contributed by atoms with Crippen molar-refractivity contribution in [2.45, 2.75) is 38.2 Å². The average molecular weight is 252 g/mol. The molecule has 1 aromatic rings. The van der Waals surface area contributed by atoms with Crippen LogP contribution in [-0.2, 0) is 6.42 Å². The zero-order chi connectivity index (χ0) is 11.8. The molecule has 2 atom stereocenters. The van der Waals surface area contributed by atoms with Crippen LogP contribution in [0.4, 0.5) is 0 Å². The molecule has 2 aliphatic heterocycles. The Bertz CT molecular complexity index is 426. The Morgan fingerprint density at radius 1 is 1.41 bits per heavy atom. The molecule has 0 aliphatic carbocycles. The van der Waals surface area contributed by atoms with Crippen molar-refractivity contribution >= 4 is 11.6 Å². The van der Waals surface area contributed by atoms with Crippen LogP contribution in [0.15, 0.2) is 12.1 Å². The van der Waals surface area contributed by atoms with Crippen LogP contribution in [-0.4, -0.2) is 19.2 Å². The van der Waals surface area contributed by atoms with Crippen LogP contribution < -0.4 is 10.1 Å². The van der Waals surface area contributed by atoms with Gasteiger partial charge in [0.2, 0.25) is 0 Å². The number of hydrogen-bond acceptors (Lipinski definition) is 2. The predicted molar refractivity (Wildman–Crippen MR) is 70.1 cm³/mol. The van der Waals surface area contributed by atoms with E-state index in [0.29, 0.717) is 5.92 Å². The Hall–Kier alpha value is -0.730. The van der Waals surface area contributed by atoms with Gasteiger partial charge in [0.25, 0.3) is 0 Å². The molecule has 0 saturated carbocycles. The number of rotatable bonds is 1. The van der Waals surface area contributed by atoms with E-state index in [1.807, 2.05) is 0 Å². The van der Waals surface area contributed by atoms with Gasteiger partial charge >= 0.3 is 0 Å². The van der Waals surface area contributed by atoms with E-state index in [1.165, 1.54) is 24.0 Å². The predicted octanol–water partition coefficient (Wildman–Crippen LogP) is 3.13. The number of piperidine rings is 1. The number of nitrogens with one attached hydrogen (secondary N) is 1. The first-order valence-electron chi connectivity index (χ1n) is 6.43. The minimum atomic E-state index is 0.266. The van der Waals surface area contributed by atoms with Gasteiger partial charge in [0.05, 0.1) is 5.02 Å². The number of ether oxygens (including phenoxy) is 1. The molecule has 1 saturated heterocycles. The normalized spacial score (nSPS) is 27.6. The van der Waals surface area contributed by atoms with Gasteiger partial charge in [0, 0.05) is 13.0 Å². The van der Waals surface area contributed by atoms with E-state index in [-0.39, 0.29) is 6.10 Å². The molecule has 0 aromatic heterocycles. The minimum Gasteiger partial charge on any atom is -0.489 e. The van der Waals surface area contributed by atoms with Crippen LogP contribution in [0.3, 0.4) is 0 Å². The van der Waals surface area contributed by atoms with E-state index >= 15 is 0 Å². The largest absolute Gasteiger partial charge is 0.489 e. The van der Waals surface area contributed by atoms with Gasteiger partial charge in [-0.1, -0.05) is 17.7 Å². The van der Waals surface area contributed by atoms with Crippen molar-refractivity contribution in [3.05, 3.63) is 28.3 Å². The topological polar surface area (TPSA) is 21.3 Å². The Labute approximate surface area is 107 Å². The lowest BCUT2D eigenvalue weighted by Gasteiger charge is -2.23. The fourth-order valence-corrected chi connectivity index (χ4v) is 3.17. The Balaban J connectivity index is 1.91. The van der Waals surface area contributed by atoms with Gasteiger partial charge < -0.3 is 10.1 Å². The van der Waals surface area contributed by atoms with Crippen LogP contribution in [0.25, 0.3) is 0 Å². The van der Waals surface area contributed by atoms with Crippen LogP contribution in [0, 0.1) is 0 Å². The first-order valence-corrected chi connectivity index (χ1v) is 6.81. The summed E-state index contributed by atoms with van der Waals surface area (Å²) in [6, 6.07) is 4.39. The maximum absolute atomic E-state index is 6.31. The lowest BCUT2D eigenvalue weighted by Crippen LogP contribution is -2.28. The third kappa shape index (κ3) is 2.16. The zero-order valence-corrected chi connectivity index (χ0v) is 10.9. The number of benzene rings is 1. The fraction of sp³-hybridized carbons (Fsp3) is 0.571. The first-order chi connectivity index (χ1) is 8.24. The summed E-state index contributed by atoms with van der Waals surface area (Å²) in [6.45, 7) is 4.32. The van der Waals surface area contributed by atoms with Gasteiger partial charge in [0.1, 0.15) is 11.9 Å². The molecule has 2 nitrogen and oxygen atoms in total.